The van der Waals surface area contributed by atoms with Gasteiger partial charge in [0.05, 0.1) is 4.92 Å². The third-order valence-corrected chi connectivity index (χ3v) is 4.37. The summed E-state index contributed by atoms with van der Waals surface area (Å²) in [5.74, 6) is 0.691. The number of alkyl halides is 1. The Morgan fingerprint density at radius 2 is 1.95 bits per heavy atom. The largest absolute Gasteiger partial charge is 0.369 e. The van der Waals surface area contributed by atoms with Crippen LogP contribution in [-0.2, 0) is 5.33 Å². The summed E-state index contributed by atoms with van der Waals surface area (Å²) in [6, 6.07) is 5.42. The molecule has 0 spiro atoms. The second kappa shape index (κ2) is 7.22. The van der Waals surface area contributed by atoms with E-state index in [1.165, 1.54) is 0 Å². The van der Waals surface area contributed by atoms with E-state index < -0.39 is 0 Å². The van der Waals surface area contributed by atoms with E-state index in [0.717, 1.165) is 44.0 Å². The number of halogens is 1. The quantitative estimate of drug-likeness (QED) is 0.462. The maximum atomic E-state index is 11.0. The van der Waals surface area contributed by atoms with E-state index >= 15 is 0 Å². The third-order valence-electron chi connectivity index (χ3n) is 3.76. The maximum Gasteiger partial charge on any atom is 0.273 e. The van der Waals surface area contributed by atoms with Crippen LogP contribution in [-0.4, -0.2) is 42.5 Å². The van der Waals surface area contributed by atoms with Gasteiger partial charge < -0.3 is 4.90 Å². The molecule has 1 aromatic carbocycles. The Labute approximate surface area is 134 Å². The molecule has 0 N–H and O–H groups in total. The molecule has 0 bridgehead atoms. The fourth-order valence-corrected chi connectivity index (χ4v) is 3.21. The molecule has 116 valence electrons. The van der Waals surface area contributed by atoms with Gasteiger partial charge in [0.15, 0.2) is 0 Å². The molecule has 2 rings (SSSR count). The second-order valence-electron chi connectivity index (χ2n) is 5.89. The topological polar surface area (TPSA) is 49.6 Å². The zero-order chi connectivity index (χ0) is 15.4. The first kappa shape index (κ1) is 16.2. The molecular weight excluding hydrogens is 334 g/mol. The highest BCUT2D eigenvalue weighted by Gasteiger charge is 2.20. The lowest BCUT2D eigenvalue weighted by atomic mass is 10.1. The molecular formula is C15H22BrN3O2. The van der Waals surface area contributed by atoms with Crippen molar-refractivity contribution in [1.29, 1.82) is 0 Å². The van der Waals surface area contributed by atoms with Crippen molar-refractivity contribution in [1.82, 2.24) is 4.90 Å². The summed E-state index contributed by atoms with van der Waals surface area (Å²) in [5, 5.41) is 11.5. The van der Waals surface area contributed by atoms with Crippen LogP contribution in [0.2, 0.25) is 0 Å². The van der Waals surface area contributed by atoms with E-state index in [4.69, 9.17) is 0 Å². The van der Waals surface area contributed by atoms with E-state index in [0.29, 0.717) is 11.2 Å². The number of nitrogens with zero attached hydrogens (tertiary/aromatic N) is 3. The molecule has 1 saturated heterocycles. The molecule has 1 aliphatic rings. The van der Waals surface area contributed by atoms with Crippen molar-refractivity contribution in [2.24, 2.45) is 5.92 Å². The lowest BCUT2D eigenvalue weighted by molar-refractivity contribution is -0.385. The van der Waals surface area contributed by atoms with Crippen molar-refractivity contribution >= 4 is 27.3 Å². The molecule has 1 heterocycles. The highest BCUT2D eigenvalue weighted by Crippen LogP contribution is 2.27. The average molecular weight is 356 g/mol. The number of anilines is 1. The van der Waals surface area contributed by atoms with E-state index in [2.05, 4.69) is 39.6 Å². The van der Waals surface area contributed by atoms with E-state index in [-0.39, 0.29) is 10.6 Å². The minimum atomic E-state index is -0.319. The lowest BCUT2D eigenvalue weighted by Gasteiger charge is -2.37. The number of nitro groups is 1. The number of piperazine rings is 1. The van der Waals surface area contributed by atoms with Crippen molar-refractivity contribution in [2.75, 3.05) is 37.6 Å². The van der Waals surface area contributed by atoms with Gasteiger partial charge in [0.25, 0.3) is 5.69 Å². The van der Waals surface area contributed by atoms with Gasteiger partial charge in [0, 0.05) is 55.4 Å². The molecule has 0 unspecified atom stereocenters. The summed E-state index contributed by atoms with van der Waals surface area (Å²) >= 11 is 3.34. The minimum absolute atomic E-state index is 0.189. The predicted molar refractivity (Wildman–Crippen MR) is 89.2 cm³/mol. The van der Waals surface area contributed by atoms with E-state index in [9.17, 15) is 10.1 Å². The van der Waals surface area contributed by atoms with Crippen LogP contribution < -0.4 is 4.90 Å². The van der Waals surface area contributed by atoms with Crippen molar-refractivity contribution < 1.29 is 4.92 Å². The first-order valence-corrected chi connectivity index (χ1v) is 8.44. The van der Waals surface area contributed by atoms with Crippen LogP contribution in [0.1, 0.15) is 19.4 Å². The standard InChI is InChI=1S/C15H22BrN3O2/c1-12(2)11-17-5-7-18(8-6-17)14-3-4-15(19(20)21)13(9-14)10-16/h3-4,9,12H,5-8,10-11H2,1-2H3. The molecule has 0 amide bonds. The lowest BCUT2D eigenvalue weighted by Crippen LogP contribution is -2.47. The zero-order valence-corrected chi connectivity index (χ0v) is 14.2. The molecule has 1 fully saturated rings. The number of nitro benzene ring substituents is 1. The van der Waals surface area contributed by atoms with Gasteiger partial charge in [0.2, 0.25) is 0 Å². The normalized spacial score (nSPS) is 16.5. The Balaban J connectivity index is 2.05. The van der Waals surface area contributed by atoms with Crippen molar-refractivity contribution in [3.8, 4) is 0 Å². The molecule has 0 aromatic heterocycles. The van der Waals surface area contributed by atoms with Crippen LogP contribution in [0.4, 0.5) is 11.4 Å². The second-order valence-corrected chi connectivity index (χ2v) is 6.45. The number of hydrogen-bond donors (Lipinski definition) is 0. The monoisotopic (exact) mass is 355 g/mol. The average Bonchev–Trinajstić information content (AvgIpc) is 2.46. The van der Waals surface area contributed by atoms with Crippen molar-refractivity contribution in [3.63, 3.8) is 0 Å². The number of benzene rings is 1. The highest BCUT2D eigenvalue weighted by atomic mass is 79.9. The van der Waals surface area contributed by atoms with Crippen LogP contribution in [0.5, 0.6) is 0 Å². The molecule has 0 saturated carbocycles. The fraction of sp³-hybridized carbons (Fsp3) is 0.600. The van der Waals surface area contributed by atoms with Gasteiger partial charge in [0.1, 0.15) is 0 Å². The van der Waals surface area contributed by atoms with Gasteiger partial charge in [-0.05, 0) is 18.1 Å². The third kappa shape index (κ3) is 4.17. The Hall–Kier alpha value is -1.14. The summed E-state index contributed by atoms with van der Waals surface area (Å²) < 4.78 is 0. The van der Waals surface area contributed by atoms with E-state index in [1.54, 1.807) is 6.07 Å². The molecule has 0 aliphatic carbocycles. The van der Waals surface area contributed by atoms with Gasteiger partial charge in [-0.25, -0.2) is 0 Å². The van der Waals surface area contributed by atoms with Gasteiger partial charge in [-0.3, -0.25) is 15.0 Å². The van der Waals surface area contributed by atoms with Gasteiger partial charge in [-0.2, -0.15) is 0 Å². The smallest absolute Gasteiger partial charge is 0.273 e. The first-order valence-electron chi connectivity index (χ1n) is 7.32. The summed E-state index contributed by atoms with van der Waals surface area (Å²) in [6.07, 6.45) is 0. The molecule has 21 heavy (non-hydrogen) atoms. The molecule has 0 atom stereocenters. The zero-order valence-electron chi connectivity index (χ0n) is 12.6. The first-order chi connectivity index (χ1) is 10.0. The minimum Gasteiger partial charge on any atom is -0.369 e. The van der Waals surface area contributed by atoms with Crippen LogP contribution in [0.25, 0.3) is 0 Å². The summed E-state index contributed by atoms with van der Waals surface area (Å²) in [4.78, 5) is 15.5. The Bertz CT molecular complexity index is 500. The number of hydrogen-bond acceptors (Lipinski definition) is 4. The van der Waals surface area contributed by atoms with Gasteiger partial charge in [-0.1, -0.05) is 29.8 Å². The number of rotatable bonds is 5. The molecule has 6 heteroatoms. The van der Waals surface area contributed by atoms with Crippen LogP contribution >= 0.6 is 15.9 Å². The summed E-state index contributed by atoms with van der Waals surface area (Å²) in [5.41, 5.74) is 2.01. The van der Waals surface area contributed by atoms with Crippen LogP contribution in [0, 0.1) is 16.0 Å². The predicted octanol–water partition coefficient (Wildman–Crippen LogP) is 3.27. The SMILES string of the molecule is CC(C)CN1CCN(c2ccc([N+](=O)[O-])c(CBr)c2)CC1. The van der Waals surface area contributed by atoms with E-state index in [1.807, 2.05) is 12.1 Å². The van der Waals surface area contributed by atoms with Gasteiger partial charge >= 0.3 is 0 Å². The van der Waals surface area contributed by atoms with Gasteiger partial charge in [-0.15, -0.1) is 0 Å². The molecule has 5 nitrogen and oxygen atoms in total. The van der Waals surface area contributed by atoms with Crippen molar-refractivity contribution in [3.05, 3.63) is 33.9 Å². The Kier molecular flexibility index (Phi) is 5.58. The maximum absolute atomic E-state index is 11.0. The Morgan fingerprint density at radius 1 is 1.29 bits per heavy atom. The van der Waals surface area contributed by atoms with Crippen LogP contribution in [0.3, 0.4) is 0 Å². The molecule has 1 aliphatic heterocycles. The summed E-state index contributed by atoms with van der Waals surface area (Å²) in [7, 11) is 0. The molecule has 1 aromatic rings. The van der Waals surface area contributed by atoms with Crippen LogP contribution in [0.15, 0.2) is 18.2 Å². The fourth-order valence-electron chi connectivity index (χ4n) is 2.76. The summed E-state index contributed by atoms with van der Waals surface area (Å²) in [6.45, 7) is 9.69. The van der Waals surface area contributed by atoms with Crippen molar-refractivity contribution in [2.45, 2.75) is 19.2 Å². The Morgan fingerprint density at radius 3 is 2.48 bits per heavy atom. The molecule has 0 radical (unpaired) electrons. The highest BCUT2D eigenvalue weighted by molar-refractivity contribution is 9.08.